The van der Waals surface area contributed by atoms with Gasteiger partial charge in [-0.05, 0) is 25.0 Å². The number of halogens is 2. The molecule has 104 valence electrons. The standard InChI is InChI=1S/C13H16F2N2OS/c14-12(15)19-11-8-4-3-7-10(11)17-13(18)16-9-5-1-2-6-9/h3-4,7-9,12H,1-2,5-6H2,(H2,16,17,18). The third kappa shape index (κ3) is 4.38. The fourth-order valence-corrected chi connectivity index (χ4v) is 2.78. The van der Waals surface area contributed by atoms with Crippen molar-refractivity contribution in [3.05, 3.63) is 24.3 Å². The van der Waals surface area contributed by atoms with Gasteiger partial charge in [0, 0.05) is 10.9 Å². The lowest BCUT2D eigenvalue weighted by molar-refractivity contribution is 0.248. The predicted molar refractivity (Wildman–Crippen MR) is 72.7 cm³/mol. The van der Waals surface area contributed by atoms with Crippen LogP contribution >= 0.6 is 11.8 Å². The minimum absolute atomic E-state index is 0.204. The largest absolute Gasteiger partial charge is 0.335 e. The lowest BCUT2D eigenvalue weighted by Crippen LogP contribution is -2.36. The van der Waals surface area contributed by atoms with Crippen LogP contribution in [0.5, 0.6) is 0 Å². The third-order valence-electron chi connectivity index (χ3n) is 3.04. The van der Waals surface area contributed by atoms with Crippen molar-refractivity contribution in [3.8, 4) is 0 Å². The summed E-state index contributed by atoms with van der Waals surface area (Å²) in [6.45, 7) is 0. The Morgan fingerprint density at radius 3 is 2.63 bits per heavy atom. The van der Waals surface area contributed by atoms with Crippen LogP contribution in [-0.4, -0.2) is 17.8 Å². The van der Waals surface area contributed by atoms with E-state index in [-0.39, 0.29) is 12.1 Å². The van der Waals surface area contributed by atoms with Crippen molar-refractivity contribution in [1.29, 1.82) is 0 Å². The Bertz CT molecular complexity index is 436. The first-order valence-corrected chi connectivity index (χ1v) is 7.14. The monoisotopic (exact) mass is 286 g/mol. The normalized spacial score (nSPS) is 15.7. The maximum absolute atomic E-state index is 12.4. The fourth-order valence-electron chi connectivity index (χ4n) is 2.18. The molecule has 0 bridgehead atoms. The summed E-state index contributed by atoms with van der Waals surface area (Å²) in [5.41, 5.74) is 0.420. The molecule has 1 aromatic rings. The molecule has 0 saturated heterocycles. The summed E-state index contributed by atoms with van der Waals surface area (Å²) < 4.78 is 24.8. The average Bonchev–Trinajstić information content (AvgIpc) is 2.83. The number of benzene rings is 1. The van der Waals surface area contributed by atoms with Gasteiger partial charge in [-0.1, -0.05) is 36.7 Å². The number of para-hydroxylation sites is 1. The maximum Gasteiger partial charge on any atom is 0.319 e. The van der Waals surface area contributed by atoms with E-state index in [1.807, 2.05) is 0 Å². The van der Waals surface area contributed by atoms with Gasteiger partial charge in [-0.2, -0.15) is 8.78 Å². The molecular formula is C13H16F2N2OS. The van der Waals surface area contributed by atoms with Crippen molar-refractivity contribution in [2.24, 2.45) is 0 Å². The van der Waals surface area contributed by atoms with Gasteiger partial charge in [0.05, 0.1) is 5.69 Å². The molecule has 1 aliphatic carbocycles. The Balaban J connectivity index is 1.95. The summed E-state index contributed by atoms with van der Waals surface area (Å²) in [7, 11) is 0. The van der Waals surface area contributed by atoms with Crippen molar-refractivity contribution in [2.75, 3.05) is 5.32 Å². The van der Waals surface area contributed by atoms with E-state index < -0.39 is 5.76 Å². The van der Waals surface area contributed by atoms with E-state index in [2.05, 4.69) is 10.6 Å². The molecule has 6 heteroatoms. The molecule has 1 aromatic carbocycles. The number of hydrogen-bond donors (Lipinski definition) is 2. The highest BCUT2D eigenvalue weighted by molar-refractivity contribution is 7.99. The van der Waals surface area contributed by atoms with E-state index in [1.54, 1.807) is 24.3 Å². The quantitative estimate of drug-likeness (QED) is 0.819. The predicted octanol–water partition coefficient (Wildman–Crippen LogP) is 4.07. The molecule has 2 N–H and O–H groups in total. The van der Waals surface area contributed by atoms with Crippen molar-refractivity contribution in [3.63, 3.8) is 0 Å². The summed E-state index contributed by atoms with van der Waals surface area (Å²) >= 11 is 0.434. The van der Waals surface area contributed by atoms with Crippen LogP contribution < -0.4 is 10.6 Å². The molecule has 1 fully saturated rings. The molecule has 0 heterocycles. The first-order valence-electron chi connectivity index (χ1n) is 6.26. The summed E-state index contributed by atoms with van der Waals surface area (Å²) in [5.74, 6) is -2.50. The van der Waals surface area contributed by atoms with Gasteiger partial charge in [0.25, 0.3) is 5.76 Å². The molecule has 1 saturated carbocycles. The molecule has 0 aromatic heterocycles. The van der Waals surface area contributed by atoms with E-state index in [0.29, 0.717) is 22.3 Å². The van der Waals surface area contributed by atoms with Gasteiger partial charge >= 0.3 is 6.03 Å². The first kappa shape index (κ1) is 14.1. The molecule has 2 rings (SSSR count). The highest BCUT2D eigenvalue weighted by Crippen LogP contribution is 2.31. The van der Waals surface area contributed by atoms with Crippen LogP contribution in [0.4, 0.5) is 19.3 Å². The first-order chi connectivity index (χ1) is 9.15. The molecule has 19 heavy (non-hydrogen) atoms. The highest BCUT2D eigenvalue weighted by atomic mass is 32.2. The van der Waals surface area contributed by atoms with Crippen molar-refractivity contribution >= 4 is 23.5 Å². The number of nitrogens with one attached hydrogen (secondary N) is 2. The molecule has 0 atom stereocenters. The van der Waals surface area contributed by atoms with E-state index >= 15 is 0 Å². The van der Waals surface area contributed by atoms with Crippen LogP contribution in [0.2, 0.25) is 0 Å². The number of hydrogen-bond acceptors (Lipinski definition) is 2. The maximum atomic E-state index is 12.4. The molecule has 0 radical (unpaired) electrons. The Hall–Kier alpha value is -1.30. The van der Waals surface area contributed by atoms with Crippen molar-refractivity contribution in [2.45, 2.75) is 42.4 Å². The van der Waals surface area contributed by atoms with Crippen molar-refractivity contribution < 1.29 is 13.6 Å². The smallest absolute Gasteiger partial charge is 0.319 e. The fraction of sp³-hybridized carbons (Fsp3) is 0.462. The molecule has 0 unspecified atom stereocenters. The van der Waals surface area contributed by atoms with Gasteiger partial charge in [0.1, 0.15) is 0 Å². The van der Waals surface area contributed by atoms with Crippen LogP contribution in [0.1, 0.15) is 25.7 Å². The van der Waals surface area contributed by atoms with Crippen LogP contribution in [-0.2, 0) is 0 Å². The van der Waals surface area contributed by atoms with Crippen LogP contribution in [0.15, 0.2) is 29.2 Å². The van der Waals surface area contributed by atoms with E-state index in [1.165, 1.54) is 0 Å². The van der Waals surface area contributed by atoms with Gasteiger partial charge in [0.2, 0.25) is 0 Å². The minimum Gasteiger partial charge on any atom is -0.335 e. The number of thioether (sulfide) groups is 1. The lowest BCUT2D eigenvalue weighted by atomic mass is 10.2. The summed E-state index contributed by atoms with van der Waals surface area (Å²) in [6, 6.07) is 6.45. The Morgan fingerprint density at radius 2 is 1.95 bits per heavy atom. The number of rotatable bonds is 4. The number of amides is 2. The van der Waals surface area contributed by atoms with E-state index in [9.17, 15) is 13.6 Å². The van der Waals surface area contributed by atoms with Crippen LogP contribution in [0.3, 0.4) is 0 Å². The number of carbonyl (C=O) groups excluding carboxylic acids is 1. The van der Waals surface area contributed by atoms with Gasteiger partial charge in [0.15, 0.2) is 0 Å². The Morgan fingerprint density at radius 1 is 1.26 bits per heavy atom. The third-order valence-corrected chi connectivity index (χ3v) is 3.83. The number of carbonyl (C=O) groups is 1. The van der Waals surface area contributed by atoms with Crippen molar-refractivity contribution in [1.82, 2.24) is 5.32 Å². The summed E-state index contributed by atoms with van der Waals surface area (Å²) in [5, 5.41) is 5.50. The number of alkyl halides is 2. The zero-order chi connectivity index (χ0) is 13.7. The second kappa shape index (κ2) is 6.75. The molecular weight excluding hydrogens is 270 g/mol. The topological polar surface area (TPSA) is 41.1 Å². The van der Waals surface area contributed by atoms with Gasteiger partial charge in [-0.15, -0.1) is 0 Å². The Labute approximate surface area is 115 Å². The number of urea groups is 1. The average molecular weight is 286 g/mol. The molecule has 0 spiro atoms. The second-order valence-electron chi connectivity index (χ2n) is 4.45. The summed E-state index contributed by atoms with van der Waals surface area (Å²) in [4.78, 5) is 12.2. The molecule has 0 aliphatic heterocycles. The summed E-state index contributed by atoms with van der Waals surface area (Å²) in [6.07, 6.45) is 4.23. The van der Waals surface area contributed by atoms with Gasteiger partial charge in [-0.25, -0.2) is 4.79 Å². The lowest BCUT2D eigenvalue weighted by Gasteiger charge is -2.14. The molecule has 3 nitrogen and oxygen atoms in total. The highest BCUT2D eigenvalue weighted by Gasteiger charge is 2.18. The second-order valence-corrected chi connectivity index (χ2v) is 5.49. The van der Waals surface area contributed by atoms with E-state index in [4.69, 9.17) is 0 Å². The zero-order valence-corrected chi connectivity index (χ0v) is 11.2. The molecule has 1 aliphatic rings. The van der Waals surface area contributed by atoms with Gasteiger partial charge in [-0.3, -0.25) is 0 Å². The van der Waals surface area contributed by atoms with Crippen LogP contribution in [0, 0.1) is 0 Å². The van der Waals surface area contributed by atoms with E-state index in [0.717, 1.165) is 25.7 Å². The van der Waals surface area contributed by atoms with Crippen LogP contribution in [0.25, 0.3) is 0 Å². The zero-order valence-electron chi connectivity index (χ0n) is 10.4. The SMILES string of the molecule is O=C(Nc1ccccc1SC(F)F)NC1CCCC1. The minimum atomic E-state index is -2.50. The van der Waals surface area contributed by atoms with Gasteiger partial charge < -0.3 is 10.6 Å². The Kier molecular flexibility index (Phi) is 5.01. The number of anilines is 1. The molecule has 2 amide bonds.